The number of nitrogens with one attached hydrogen (secondary N) is 1. The molecule has 0 saturated carbocycles. The molecule has 1 aliphatic heterocycles. The maximum atomic E-state index is 12.4. The zero-order valence-electron chi connectivity index (χ0n) is 16.8. The number of nitro benzene ring substituents is 1. The van der Waals surface area contributed by atoms with Crippen molar-refractivity contribution in [2.24, 2.45) is 5.10 Å². The monoisotopic (exact) mass is 415 g/mol. The van der Waals surface area contributed by atoms with Gasteiger partial charge in [-0.05, 0) is 12.5 Å². The first kappa shape index (κ1) is 20.9. The Morgan fingerprint density at radius 3 is 2.53 bits per heavy atom. The number of amides is 1. The molecule has 0 unspecified atom stereocenters. The summed E-state index contributed by atoms with van der Waals surface area (Å²) in [4.78, 5) is 22.9. The van der Waals surface area contributed by atoms with Crippen molar-refractivity contribution >= 4 is 17.8 Å². The number of ether oxygens (including phenoxy) is 4. The van der Waals surface area contributed by atoms with Crippen LogP contribution in [0.15, 0.2) is 29.4 Å². The molecule has 0 radical (unpaired) electrons. The van der Waals surface area contributed by atoms with E-state index in [1.165, 1.54) is 44.7 Å². The Kier molecular flexibility index (Phi) is 6.35. The third-order valence-electron chi connectivity index (χ3n) is 4.48. The van der Waals surface area contributed by atoms with Gasteiger partial charge in [0.2, 0.25) is 18.3 Å². The maximum absolute atomic E-state index is 12.4. The number of fused-ring (bicyclic) bond motifs is 1. The van der Waals surface area contributed by atoms with Crippen LogP contribution in [0.25, 0.3) is 0 Å². The number of carbonyl (C=O) groups excluding carboxylic acids is 1. The average Bonchev–Trinajstić information content (AvgIpc) is 3.23. The SMILES string of the molecule is CCCc1c(/C=N/NC(=O)c2ccccc2[N+](=O)[O-])c(OC)c2c(c1OC)OCO2. The van der Waals surface area contributed by atoms with Crippen molar-refractivity contribution in [3.63, 3.8) is 0 Å². The van der Waals surface area contributed by atoms with E-state index < -0.39 is 10.8 Å². The van der Waals surface area contributed by atoms with Gasteiger partial charge in [-0.25, -0.2) is 5.43 Å². The molecule has 10 nitrogen and oxygen atoms in total. The summed E-state index contributed by atoms with van der Waals surface area (Å²) in [7, 11) is 3.02. The maximum Gasteiger partial charge on any atom is 0.282 e. The van der Waals surface area contributed by atoms with Crippen molar-refractivity contribution in [2.75, 3.05) is 21.0 Å². The summed E-state index contributed by atoms with van der Waals surface area (Å²) in [6.07, 6.45) is 2.85. The van der Waals surface area contributed by atoms with Gasteiger partial charge in [0.1, 0.15) is 5.56 Å². The topological polar surface area (TPSA) is 122 Å². The Hall–Kier alpha value is -3.82. The van der Waals surface area contributed by atoms with Crippen LogP contribution in [-0.2, 0) is 6.42 Å². The average molecular weight is 415 g/mol. The van der Waals surface area contributed by atoms with Gasteiger partial charge in [0.05, 0.1) is 25.4 Å². The Morgan fingerprint density at radius 2 is 1.90 bits per heavy atom. The molecule has 158 valence electrons. The molecule has 1 amide bonds. The van der Waals surface area contributed by atoms with E-state index in [9.17, 15) is 14.9 Å². The highest BCUT2D eigenvalue weighted by Gasteiger charge is 2.30. The van der Waals surface area contributed by atoms with Gasteiger partial charge in [-0.15, -0.1) is 0 Å². The quantitative estimate of drug-likeness (QED) is 0.399. The Labute approximate surface area is 172 Å². The van der Waals surface area contributed by atoms with E-state index in [0.717, 1.165) is 12.0 Å². The lowest BCUT2D eigenvalue weighted by molar-refractivity contribution is -0.385. The van der Waals surface area contributed by atoms with Crippen molar-refractivity contribution in [3.05, 3.63) is 51.1 Å². The second kappa shape index (κ2) is 9.12. The summed E-state index contributed by atoms with van der Waals surface area (Å²) in [5.74, 6) is 1.05. The number of hydrogen-bond donors (Lipinski definition) is 1. The van der Waals surface area contributed by atoms with Gasteiger partial charge in [-0.1, -0.05) is 25.5 Å². The van der Waals surface area contributed by atoms with Crippen LogP contribution in [0.4, 0.5) is 5.69 Å². The summed E-state index contributed by atoms with van der Waals surface area (Å²) >= 11 is 0. The predicted molar refractivity (Wildman–Crippen MR) is 108 cm³/mol. The summed E-state index contributed by atoms with van der Waals surface area (Å²) in [6.45, 7) is 2.04. The first-order valence-electron chi connectivity index (χ1n) is 9.16. The minimum absolute atomic E-state index is 0.0304. The Morgan fingerprint density at radius 1 is 1.23 bits per heavy atom. The highest BCUT2D eigenvalue weighted by atomic mass is 16.7. The number of nitro groups is 1. The summed E-state index contributed by atoms with van der Waals surface area (Å²) in [6, 6.07) is 5.63. The van der Waals surface area contributed by atoms with Crippen molar-refractivity contribution in [2.45, 2.75) is 19.8 Å². The van der Waals surface area contributed by atoms with Gasteiger partial charge < -0.3 is 18.9 Å². The standard InChI is InChI=1S/C20H21N3O7/c1-4-7-12-14(17(28-3)19-18(16(12)27-2)29-11-30-19)10-21-22-20(24)13-8-5-6-9-15(13)23(25)26/h5-6,8-10H,4,7,11H2,1-3H3,(H,22,24)/b21-10+. The van der Waals surface area contributed by atoms with Crippen LogP contribution in [0, 0.1) is 10.1 Å². The van der Waals surface area contributed by atoms with E-state index in [2.05, 4.69) is 10.5 Å². The number of carbonyl (C=O) groups is 1. The van der Waals surface area contributed by atoms with Gasteiger partial charge in [0, 0.05) is 17.2 Å². The first-order chi connectivity index (χ1) is 14.5. The molecule has 0 atom stereocenters. The number of rotatable bonds is 8. The fourth-order valence-corrected chi connectivity index (χ4v) is 3.23. The number of benzene rings is 2. The highest BCUT2D eigenvalue weighted by molar-refractivity contribution is 5.99. The second-order valence-corrected chi connectivity index (χ2v) is 6.25. The van der Waals surface area contributed by atoms with Gasteiger partial charge in [-0.3, -0.25) is 14.9 Å². The molecule has 0 spiro atoms. The van der Waals surface area contributed by atoms with Crippen LogP contribution in [0.5, 0.6) is 23.0 Å². The molecule has 30 heavy (non-hydrogen) atoms. The molecular weight excluding hydrogens is 394 g/mol. The van der Waals surface area contributed by atoms with Crippen LogP contribution < -0.4 is 24.4 Å². The fourth-order valence-electron chi connectivity index (χ4n) is 3.23. The number of para-hydroxylation sites is 1. The summed E-state index contributed by atoms with van der Waals surface area (Å²) in [5, 5.41) is 15.1. The first-order valence-corrected chi connectivity index (χ1v) is 9.16. The molecule has 1 heterocycles. The third kappa shape index (κ3) is 3.84. The predicted octanol–water partition coefficient (Wildman–Crippen LogP) is 3.06. The van der Waals surface area contributed by atoms with Crippen LogP contribution in [0.2, 0.25) is 0 Å². The zero-order chi connectivity index (χ0) is 21.7. The molecular formula is C20H21N3O7. The van der Waals surface area contributed by atoms with Crippen LogP contribution in [-0.4, -0.2) is 38.1 Å². The van der Waals surface area contributed by atoms with Crippen LogP contribution >= 0.6 is 0 Å². The van der Waals surface area contributed by atoms with Crippen LogP contribution in [0.3, 0.4) is 0 Å². The smallest absolute Gasteiger partial charge is 0.282 e. The van der Waals surface area contributed by atoms with Crippen molar-refractivity contribution in [1.82, 2.24) is 5.43 Å². The minimum Gasteiger partial charge on any atom is -0.492 e. The van der Waals surface area contributed by atoms with Gasteiger partial charge in [0.15, 0.2) is 11.5 Å². The largest absolute Gasteiger partial charge is 0.492 e. The van der Waals surface area contributed by atoms with Crippen molar-refractivity contribution in [3.8, 4) is 23.0 Å². The van der Waals surface area contributed by atoms with Gasteiger partial charge >= 0.3 is 0 Å². The lowest BCUT2D eigenvalue weighted by Gasteiger charge is -2.17. The molecule has 2 aromatic carbocycles. The van der Waals surface area contributed by atoms with Gasteiger partial charge in [0.25, 0.3) is 11.6 Å². The van der Waals surface area contributed by atoms with E-state index in [1.54, 1.807) is 0 Å². The molecule has 0 aliphatic carbocycles. The third-order valence-corrected chi connectivity index (χ3v) is 4.48. The van der Waals surface area contributed by atoms with Crippen LogP contribution in [0.1, 0.15) is 34.8 Å². The normalized spacial score (nSPS) is 12.1. The molecule has 2 aromatic rings. The molecule has 0 saturated heterocycles. The molecule has 0 bridgehead atoms. The van der Waals surface area contributed by atoms with E-state index in [0.29, 0.717) is 35.0 Å². The Balaban J connectivity index is 1.97. The van der Waals surface area contributed by atoms with Gasteiger partial charge in [-0.2, -0.15) is 5.10 Å². The molecule has 1 N–H and O–H groups in total. The molecule has 1 aliphatic rings. The fraction of sp³-hybridized carbons (Fsp3) is 0.300. The number of nitrogens with zero attached hydrogens (tertiary/aromatic N) is 2. The molecule has 0 fully saturated rings. The van der Waals surface area contributed by atoms with Crippen molar-refractivity contribution < 1.29 is 28.7 Å². The molecule has 10 heteroatoms. The van der Waals surface area contributed by atoms with E-state index in [1.807, 2.05) is 6.92 Å². The molecule has 0 aromatic heterocycles. The van der Waals surface area contributed by atoms with E-state index in [-0.39, 0.29) is 18.0 Å². The number of hydrazone groups is 1. The van der Waals surface area contributed by atoms with E-state index in [4.69, 9.17) is 18.9 Å². The number of methoxy groups -OCH3 is 2. The lowest BCUT2D eigenvalue weighted by Crippen LogP contribution is -2.19. The summed E-state index contributed by atoms with van der Waals surface area (Å²) < 4.78 is 22.1. The second-order valence-electron chi connectivity index (χ2n) is 6.25. The zero-order valence-corrected chi connectivity index (χ0v) is 16.8. The lowest BCUT2D eigenvalue weighted by atomic mass is 10.00. The number of hydrogen-bond acceptors (Lipinski definition) is 8. The summed E-state index contributed by atoms with van der Waals surface area (Å²) in [5.41, 5.74) is 3.27. The van der Waals surface area contributed by atoms with E-state index >= 15 is 0 Å². The van der Waals surface area contributed by atoms with Crippen molar-refractivity contribution in [1.29, 1.82) is 0 Å². The molecule has 3 rings (SSSR count). The Bertz CT molecular complexity index is 1000. The minimum atomic E-state index is -0.706. The highest BCUT2D eigenvalue weighted by Crippen LogP contribution is 2.51.